The molecule has 0 saturated heterocycles. The third-order valence-electron chi connectivity index (χ3n) is 5.10. The number of nitrogens with zero attached hydrogens (tertiary/aromatic N) is 1. The Balaban J connectivity index is 1.33. The summed E-state index contributed by atoms with van der Waals surface area (Å²) in [6, 6.07) is 15.8. The Labute approximate surface area is 186 Å². The summed E-state index contributed by atoms with van der Waals surface area (Å²) in [5, 5.41) is 5.78. The quantitative estimate of drug-likeness (QED) is 0.592. The van der Waals surface area contributed by atoms with Gasteiger partial charge in [0, 0.05) is 10.7 Å². The van der Waals surface area contributed by atoms with Crippen molar-refractivity contribution in [2.45, 2.75) is 0 Å². The third kappa shape index (κ3) is 3.36. The fourth-order valence-electron chi connectivity index (χ4n) is 3.60. The largest absolute Gasteiger partial charge is 0.454 e. The molecule has 8 nitrogen and oxygen atoms in total. The van der Waals surface area contributed by atoms with Crippen molar-refractivity contribution in [3.63, 3.8) is 0 Å². The van der Waals surface area contributed by atoms with Gasteiger partial charge in [-0.2, -0.15) is 0 Å². The van der Waals surface area contributed by atoms with E-state index in [-0.39, 0.29) is 16.7 Å². The van der Waals surface area contributed by atoms with Gasteiger partial charge in [-0.15, -0.1) is 0 Å². The SMILES string of the molecule is O=C(CN1C(=O)c2ccccc2C1=O)Nc1ccc2c(c1)C(=O)Nc1cc(Cl)ccc1O2. The summed E-state index contributed by atoms with van der Waals surface area (Å²) in [5.74, 6) is -1.31. The van der Waals surface area contributed by atoms with Crippen LogP contribution in [0.1, 0.15) is 31.1 Å². The molecule has 4 amide bonds. The van der Waals surface area contributed by atoms with Crippen LogP contribution in [0.4, 0.5) is 11.4 Å². The fraction of sp³-hybridized carbons (Fsp3) is 0.0435. The van der Waals surface area contributed by atoms with Gasteiger partial charge in [-0.05, 0) is 48.5 Å². The lowest BCUT2D eigenvalue weighted by molar-refractivity contribution is -0.116. The number of amides is 4. The zero-order valence-electron chi connectivity index (χ0n) is 16.3. The maximum absolute atomic E-state index is 12.7. The molecule has 2 N–H and O–H groups in total. The number of rotatable bonds is 3. The zero-order valence-corrected chi connectivity index (χ0v) is 17.1. The minimum absolute atomic E-state index is 0.204. The number of hydrogen-bond acceptors (Lipinski definition) is 5. The molecule has 2 aliphatic rings. The maximum Gasteiger partial charge on any atom is 0.262 e. The van der Waals surface area contributed by atoms with Gasteiger partial charge in [0.15, 0.2) is 5.75 Å². The van der Waals surface area contributed by atoms with E-state index in [2.05, 4.69) is 10.6 Å². The molecule has 0 radical (unpaired) electrons. The van der Waals surface area contributed by atoms with Gasteiger partial charge in [0.25, 0.3) is 17.7 Å². The van der Waals surface area contributed by atoms with E-state index in [1.807, 2.05) is 0 Å². The summed E-state index contributed by atoms with van der Waals surface area (Å²) >= 11 is 5.99. The molecule has 3 aromatic rings. The van der Waals surface area contributed by atoms with Crippen molar-refractivity contribution >= 4 is 46.6 Å². The average molecular weight is 448 g/mol. The lowest BCUT2D eigenvalue weighted by atomic mass is 10.1. The molecule has 0 atom stereocenters. The van der Waals surface area contributed by atoms with Gasteiger partial charge in [-0.3, -0.25) is 24.1 Å². The van der Waals surface area contributed by atoms with E-state index in [4.69, 9.17) is 16.3 Å². The number of benzene rings is 3. The van der Waals surface area contributed by atoms with Crippen molar-refractivity contribution < 1.29 is 23.9 Å². The molecule has 0 spiro atoms. The Morgan fingerprint density at radius 3 is 2.31 bits per heavy atom. The number of halogens is 1. The minimum Gasteiger partial charge on any atom is -0.454 e. The summed E-state index contributed by atoms with van der Waals surface area (Å²) in [7, 11) is 0. The van der Waals surface area contributed by atoms with Gasteiger partial charge in [-0.25, -0.2) is 0 Å². The van der Waals surface area contributed by atoms with Gasteiger partial charge in [0.05, 0.1) is 22.4 Å². The smallest absolute Gasteiger partial charge is 0.262 e. The van der Waals surface area contributed by atoms with E-state index >= 15 is 0 Å². The number of carbonyl (C=O) groups excluding carboxylic acids is 4. The molecule has 0 bridgehead atoms. The van der Waals surface area contributed by atoms with Crippen LogP contribution in [-0.4, -0.2) is 35.1 Å². The Kier molecular flexibility index (Phi) is 4.64. The van der Waals surface area contributed by atoms with Crippen LogP contribution in [-0.2, 0) is 4.79 Å². The molecule has 0 unspecified atom stereocenters. The first-order valence-electron chi connectivity index (χ1n) is 9.58. The highest BCUT2D eigenvalue weighted by Gasteiger charge is 2.36. The van der Waals surface area contributed by atoms with Crippen LogP contribution < -0.4 is 15.4 Å². The molecule has 0 aromatic heterocycles. The molecule has 0 fully saturated rings. The van der Waals surface area contributed by atoms with E-state index in [0.717, 1.165) is 4.90 Å². The first kappa shape index (κ1) is 19.8. The van der Waals surface area contributed by atoms with E-state index in [0.29, 0.717) is 27.9 Å². The molecular formula is C23H14ClN3O5. The van der Waals surface area contributed by atoms with Crippen molar-refractivity contribution in [1.29, 1.82) is 0 Å². The topological polar surface area (TPSA) is 105 Å². The Bertz CT molecular complexity index is 1300. The summed E-state index contributed by atoms with van der Waals surface area (Å²) < 4.78 is 5.81. The highest BCUT2D eigenvalue weighted by atomic mass is 35.5. The number of ether oxygens (including phenoxy) is 1. The van der Waals surface area contributed by atoms with E-state index in [1.54, 1.807) is 54.6 Å². The zero-order chi connectivity index (χ0) is 22.4. The Hall–Kier alpha value is -4.17. The molecule has 2 heterocycles. The van der Waals surface area contributed by atoms with E-state index in [1.165, 1.54) is 6.07 Å². The highest BCUT2D eigenvalue weighted by Crippen LogP contribution is 2.38. The number of anilines is 2. The first-order valence-corrected chi connectivity index (χ1v) is 9.96. The van der Waals surface area contributed by atoms with Crippen LogP contribution in [0.3, 0.4) is 0 Å². The van der Waals surface area contributed by atoms with Gasteiger partial charge in [0.2, 0.25) is 5.91 Å². The molecule has 158 valence electrons. The van der Waals surface area contributed by atoms with Crippen LogP contribution in [0.15, 0.2) is 60.7 Å². The number of carbonyl (C=O) groups is 4. The molecule has 2 aliphatic heterocycles. The molecule has 5 rings (SSSR count). The number of fused-ring (bicyclic) bond motifs is 3. The van der Waals surface area contributed by atoms with Gasteiger partial charge < -0.3 is 15.4 Å². The monoisotopic (exact) mass is 447 g/mol. The normalized spacial score (nSPS) is 14.0. The van der Waals surface area contributed by atoms with Crippen molar-refractivity contribution in [2.75, 3.05) is 17.2 Å². The van der Waals surface area contributed by atoms with Crippen molar-refractivity contribution in [1.82, 2.24) is 4.90 Å². The molecule has 9 heteroatoms. The number of nitrogens with one attached hydrogen (secondary N) is 2. The first-order chi connectivity index (χ1) is 15.4. The van der Waals surface area contributed by atoms with Crippen LogP contribution in [0.25, 0.3) is 0 Å². The van der Waals surface area contributed by atoms with Gasteiger partial charge in [-0.1, -0.05) is 23.7 Å². The predicted octanol–water partition coefficient (Wildman–Crippen LogP) is 3.93. The van der Waals surface area contributed by atoms with Crippen LogP contribution >= 0.6 is 11.6 Å². The Morgan fingerprint density at radius 1 is 0.906 bits per heavy atom. The average Bonchev–Trinajstić information content (AvgIpc) is 2.92. The fourth-order valence-corrected chi connectivity index (χ4v) is 3.77. The summed E-state index contributed by atoms with van der Waals surface area (Å²) in [6.45, 7) is -0.448. The van der Waals surface area contributed by atoms with Gasteiger partial charge >= 0.3 is 0 Å². The van der Waals surface area contributed by atoms with E-state index in [9.17, 15) is 19.2 Å². The van der Waals surface area contributed by atoms with Gasteiger partial charge in [0.1, 0.15) is 12.3 Å². The van der Waals surface area contributed by atoms with Crippen molar-refractivity contribution in [2.24, 2.45) is 0 Å². The van der Waals surface area contributed by atoms with Crippen LogP contribution in [0, 0.1) is 0 Å². The second-order valence-electron chi connectivity index (χ2n) is 7.20. The standard InChI is InChI=1S/C23H14ClN3O5/c24-12-5-7-19-17(9-12)26-21(29)16-10-13(6-8-18(16)32-19)25-20(28)11-27-22(30)14-3-1-2-4-15(14)23(27)31/h1-10H,11H2,(H,25,28)(H,26,29). The second-order valence-corrected chi connectivity index (χ2v) is 7.63. The predicted molar refractivity (Wildman–Crippen MR) is 116 cm³/mol. The van der Waals surface area contributed by atoms with Crippen LogP contribution in [0.5, 0.6) is 11.5 Å². The summed E-state index contributed by atoms with van der Waals surface area (Å²) in [5.41, 5.74) is 1.48. The maximum atomic E-state index is 12.7. The molecule has 32 heavy (non-hydrogen) atoms. The number of hydrogen-bond donors (Lipinski definition) is 2. The third-order valence-corrected chi connectivity index (χ3v) is 5.33. The molecule has 0 saturated carbocycles. The highest BCUT2D eigenvalue weighted by molar-refractivity contribution is 6.31. The van der Waals surface area contributed by atoms with Crippen molar-refractivity contribution in [3.8, 4) is 11.5 Å². The van der Waals surface area contributed by atoms with E-state index < -0.39 is 30.2 Å². The number of imide groups is 1. The van der Waals surface area contributed by atoms with Crippen molar-refractivity contribution in [3.05, 3.63) is 82.4 Å². The summed E-state index contributed by atoms with van der Waals surface area (Å²) in [4.78, 5) is 51.0. The molecule has 0 aliphatic carbocycles. The lowest BCUT2D eigenvalue weighted by Gasteiger charge is -2.14. The molecule has 3 aromatic carbocycles. The Morgan fingerprint density at radius 2 is 1.59 bits per heavy atom. The minimum atomic E-state index is -0.579. The molecular weight excluding hydrogens is 434 g/mol. The second kappa shape index (κ2) is 7.51. The summed E-state index contributed by atoms with van der Waals surface area (Å²) in [6.07, 6.45) is 0. The lowest BCUT2D eigenvalue weighted by Crippen LogP contribution is -2.37. The van der Waals surface area contributed by atoms with Crippen LogP contribution in [0.2, 0.25) is 5.02 Å².